The maximum Gasteiger partial charge on any atom is 0.223 e. The summed E-state index contributed by atoms with van der Waals surface area (Å²) in [4.78, 5) is 18.4. The van der Waals surface area contributed by atoms with Crippen LogP contribution in [0.15, 0.2) is 18.2 Å². The van der Waals surface area contributed by atoms with Gasteiger partial charge in [0.05, 0.1) is 0 Å². The number of hydrogen-bond donors (Lipinski definition) is 2. The van der Waals surface area contributed by atoms with Crippen LogP contribution in [-0.2, 0) is 11.2 Å². The van der Waals surface area contributed by atoms with Crippen molar-refractivity contribution in [3.63, 3.8) is 0 Å². The molecule has 0 spiro atoms. The van der Waals surface area contributed by atoms with Crippen molar-refractivity contribution in [2.24, 2.45) is 17.1 Å². The highest BCUT2D eigenvalue weighted by Gasteiger charge is 2.43. The lowest BCUT2D eigenvalue weighted by Gasteiger charge is -2.47. The number of nitrogens with one attached hydrogen (secondary N) is 1. The fourth-order valence-corrected chi connectivity index (χ4v) is 6.01. The van der Waals surface area contributed by atoms with Gasteiger partial charge >= 0.3 is 0 Å². The maximum atomic E-state index is 12.2. The smallest absolute Gasteiger partial charge is 0.223 e. The van der Waals surface area contributed by atoms with E-state index in [1.165, 1.54) is 27.7 Å². The van der Waals surface area contributed by atoms with Gasteiger partial charge in [0.15, 0.2) is 0 Å². The predicted octanol–water partition coefficient (Wildman–Crippen LogP) is 4.12. The van der Waals surface area contributed by atoms with Crippen molar-refractivity contribution >= 4 is 16.8 Å². The first-order chi connectivity index (χ1) is 12.9. The molecular weight excluding hydrogens is 334 g/mol. The summed E-state index contributed by atoms with van der Waals surface area (Å²) >= 11 is 0. The predicted molar refractivity (Wildman–Crippen MR) is 111 cm³/mol. The Kier molecular flexibility index (Phi) is 4.58. The number of piperidine rings is 1. The van der Waals surface area contributed by atoms with Crippen molar-refractivity contribution in [2.75, 3.05) is 13.6 Å². The van der Waals surface area contributed by atoms with Gasteiger partial charge in [-0.15, -0.1) is 0 Å². The summed E-state index contributed by atoms with van der Waals surface area (Å²) in [5.74, 6) is 0.937. The van der Waals surface area contributed by atoms with Crippen molar-refractivity contribution in [1.82, 2.24) is 9.88 Å². The van der Waals surface area contributed by atoms with Gasteiger partial charge in [0.25, 0.3) is 0 Å². The molecule has 0 saturated carbocycles. The van der Waals surface area contributed by atoms with Crippen LogP contribution in [0.3, 0.4) is 0 Å². The minimum absolute atomic E-state index is 0.119. The summed E-state index contributed by atoms with van der Waals surface area (Å²) in [7, 11) is 2.26. The van der Waals surface area contributed by atoms with Crippen molar-refractivity contribution in [1.29, 1.82) is 0 Å². The van der Waals surface area contributed by atoms with Gasteiger partial charge in [0, 0.05) is 40.5 Å². The lowest BCUT2D eigenvalue weighted by atomic mass is 9.67. The summed E-state index contributed by atoms with van der Waals surface area (Å²) in [5.41, 5.74) is 11.1. The minimum Gasteiger partial charge on any atom is -0.369 e. The van der Waals surface area contributed by atoms with E-state index in [-0.39, 0.29) is 11.3 Å². The van der Waals surface area contributed by atoms with Crippen LogP contribution in [0.4, 0.5) is 0 Å². The molecule has 1 aromatic carbocycles. The lowest BCUT2D eigenvalue weighted by Crippen LogP contribution is -2.49. The van der Waals surface area contributed by atoms with Crippen LogP contribution in [-0.4, -0.2) is 35.4 Å². The maximum absolute atomic E-state index is 12.2. The Balaban J connectivity index is 1.69. The fourth-order valence-electron chi connectivity index (χ4n) is 6.01. The molecule has 2 aromatic rings. The molecule has 1 fully saturated rings. The molecule has 4 heteroatoms. The second-order valence-corrected chi connectivity index (χ2v) is 8.97. The first-order valence-corrected chi connectivity index (χ1v) is 10.5. The normalized spacial score (nSPS) is 25.6. The molecule has 2 heterocycles. The number of likely N-dealkylation sites (N-methyl/N-ethyl adjacent to an activating group) is 1. The topological polar surface area (TPSA) is 62.1 Å². The fraction of sp³-hybridized carbons (Fsp3) is 0.609. The number of rotatable bonds is 5. The average molecular weight is 368 g/mol. The molecule has 0 radical (unpaired) electrons. The first-order valence-electron chi connectivity index (χ1n) is 10.5. The van der Waals surface area contributed by atoms with Gasteiger partial charge in [-0.05, 0) is 69.2 Å². The van der Waals surface area contributed by atoms with Crippen molar-refractivity contribution < 1.29 is 4.79 Å². The molecule has 1 aliphatic heterocycles. The molecule has 1 amide bonds. The molecule has 27 heavy (non-hydrogen) atoms. The standard InChI is InChI=1S/C23H33N3O/c1-5-23(6-2,22(24)27)12-15-10-18-16-8-7-9-19-21(16)17(14(3)25-19)11-20(18)26(4)13-15/h7-9,15,18,20,25H,5-6,10-13H2,1-4H3,(H2,24,27). The van der Waals surface area contributed by atoms with Crippen LogP contribution >= 0.6 is 0 Å². The monoisotopic (exact) mass is 367 g/mol. The van der Waals surface area contributed by atoms with E-state index in [4.69, 9.17) is 5.73 Å². The quantitative estimate of drug-likeness (QED) is 0.835. The Labute approximate surface area is 162 Å². The number of carbonyl (C=O) groups excluding carboxylic acids is 1. The second-order valence-electron chi connectivity index (χ2n) is 8.97. The molecule has 3 unspecified atom stereocenters. The zero-order chi connectivity index (χ0) is 19.3. The van der Waals surface area contributed by atoms with Gasteiger partial charge in [0.1, 0.15) is 0 Å². The number of benzene rings is 1. The highest BCUT2D eigenvalue weighted by molar-refractivity contribution is 5.89. The van der Waals surface area contributed by atoms with Gasteiger partial charge in [-0.25, -0.2) is 0 Å². The third-order valence-electron chi connectivity index (χ3n) is 7.71. The van der Waals surface area contributed by atoms with Gasteiger partial charge in [0.2, 0.25) is 5.91 Å². The van der Waals surface area contributed by atoms with E-state index >= 15 is 0 Å². The van der Waals surface area contributed by atoms with E-state index in [2.05, 4.69) is 55.9 Å². The number of amides is 1. The van der Waals surface area contributed by atoms with Crippen LogP contribution in [0.1, 0.15) is 62.3 Å². The average Bonchev–Trinajstić information content (AvgIpc) is 2.97. The molecule has 3 atom stereocenters. The molecule has 2 aliphatic rings. The van der Waals surface area contributed by atoms with E-state index in [1.54, 1.807) is 0 Å². The van der Waals surface area contributed by atoms with Gasteiger partial charge in [-0.2, -0.15) is 0 Å². The number of aromatic nitrogens is 1. The summed E-state index contributed by atoms with van der Waals surface area (Å²) in [6.45, 7) is 7.49. The zero-order valence-corrected chi connectivity index (χ0v) is 17.1. The molecule has 146 valence electrons. The summed E-state index contributed by atoms with van der Waals surface area (Å²) < 4.78 is 0. The third-order valence-corrected chi connectivity index (χ3v) is 7.71. The number of H-pyrrole nitrogens is 1. The minimum atomic E-state index is -0.352. The van der Waals surface area contributed by atoms with Crippen molar-refractivity contribution in [3.05, 3.63) is 35.0 Å². The molecule has 4 nitrogen and oxygen atoms in total. The van der Waals surface area contributed by atoms with E-state index < -0.39 is 0 Å². The highest BCUT2D eigenvalue weighted by Crippen LogP contribution is 2.47. The molecule has 3 N–H and O–H groups in total. The zero-order valence-electron chi connectivity index (χ0n) is 17.1. The van der Waals surface area contributed by atoms with Gasteiger partial charge in [-0.3, -0.25) is 4.79 Å². The van der Waals surface area contributed by atoms with Gasteiger partial charge in [-0.1, -0.05) is 26.0 Å². The summed E-state index contributed by atoms with van der Waals surface area (Å²) in [5, 5.41) is 1.46. The van der Waals surface area contributed by atoms with Crippen LogP contribution < -0.4 is 5.73 Å². The van der Waals surface area contributed by atoms with E-state index in [0.29, 0.717) is 17.9 Å². The number of aromatic amines is 1. The Hall–Kier alpha value is -1.81. The SMILES string of the molecule is CCC(CC)(CC1CC2c3cccc4[nH]c(C)c(c34)CC2N(C)C1)C(N)=O. The molecule has 4 rings (SSSR count). The number of carbonyl (C=O) groups is 1. The Morgan fingerprint density at radius 2 is 2.07 bits per heavy atom. The van der Waals surface area contributed by atoms with Gasteiger partial charge < -0.3 is 15.6 Å². The molecule has 1 aliphatic carbocycles. The Morgan fingerprint density at radius 1 is 1.33 bits per heavy atom. The molecule has 0 bridgehead atoms. The number of fused-ring (bicyclic) bond motifs is 2. The number of primary amides is 1. The first kappa shape index (κ1) is 18.5. The van der Waals surface area contributed by atoms with E-state index in [1.807, 2.05) is 0 Å². The van der Waals surface area contributed by atoms with E-state index in [9.17, 15) is 4.79 Å². The highest BCUT2D eigenvalue weighted by atomic mass is 16.1. The number of likely N-dealkylation sites (tertiary alicyclic amines) is 1. The third kappa shape index (κ3) is 2.80. The summed E-state index contributed by atoms with van der Waals surface area (Å²) in [6, 6.07) is 7.27. The number of nitrogens with zero attached hydrogens (tertiary/aromatic N) is 1. The second kappa shape index (κ2) is 6.66. The molecule has 1 aromatic heterocycles. The Morgan fingerprint density at radius 3 is 2.74 bits per heavy atom. The van der Waals surface area contributed by atoms with Crippen LogP contribution in [0.5, 0.6) is 0 Å². The number of nitrogens with two attached hydrogens (primary N) is 1. The summed E-state index contributed by atoms with van der Waals surface area (Å²) in [6.07, 6.45) is 4.87. The largest absolute Gasteiger partial charge is 0.369 e. The molecular formula is C23H33N3O. The van der Waals surface area contributed by atoms with Crippen LogP contribution in [0.25, 0.3) is 10.9 Å². The lowest BCUT2D eigenvalue weighted by molar-refractivity contribution is -0.129. The molecule has 1 saturated heterocycles. The number of aryl methyl sites for hydroxylation is 1. The van der Waals surface area contributed by atoms with Crippen molar-refractivity contribution in [2.45, 2.75) is 64.8 Å². The van der Waals surface area contributed by atoms with Crippen LogP contribution in [0, 0.1) is 18.3 Å². The number of hydrogen-bond acceptors (Lipinski definition) is 2. The van der Waals surface area contributed by atoms with Crippen molar-refractivity contribution in [3.8, 4) is 0 Å². The van der Waals surface area contributed by atoms with E-state index in [0.717, 1.165) is 38.6 Å². The van der Waals surface area contributed by atoms with Crippen LogP contribution in [0.2, 0.25) is 0 Å². The Bertz CT molecular complexity index is 864.